The van der Waals surface area contributed by atoms with Gasteiger partial charge in [0.1, 0.15) is 0 Å². The normalized spacial score (nSPS) is 17.6. The van der Waals surface area contributed by atoms with E-state index >= 15 is 0 Å². The van der Waals surface area contributed by atoms with Crippen LogP contribution in [0.2, 0.25) is 0 Å². The Balaban J connectivity index is 1.51. The molecule has 0 radical (unpaired) electrons. The number of nitrogens with one attached hydrogen (secondary N) is 3. The van der Waals surface area contributed by atoms with E-state index < -0.39 is 0 Å². The first-order chi connectivity index (χ1) is 10.3. The van der Waals surface area contributed by atoms with Crippen LogP contribution in [-0.2, 0) is 17.6 Å². The Morgan fingerprint density at radius 1 is 1.33 bits per heavy atom. The molecule has 0 spiro atoms. The highest BCUT2D eigenvalue weighted by atomic mass is 16.2. The van der Waals surface area contributed by atoms with Crippen LogP contribution >= 0.6 is 0 Å². The highest BCUT2D eigenvalue weighted by Crippen LogP contribution is 2.24. The summed E-state index contributed by atoms with van der Waals surface area (Å²) in [6.45, 7) is 0. The minimum atomic E-state index is -0.0472. The van der Waals surface area contributed by atoms with Crippen molar-refractivity contribution in [2.75, 3.05) is 5.32 Å². The van der Waals surface area contributed by atoms with Crippen molar-refractivity contribution in [3.63, 3.8) is 0 Å². The molecule has 4 rings (SSSR count). The smallest absolute Gasteiger partial charge is 0.230 e. The van der Waals surface area contributed by atoms with Crippen LogP contribution in [0.15, 0.2) is 30.6 Å². The number of hydrogen-bond acceptors (Lipinski definition) is 3. The molecule has 2 aromatic heterocycles. The van der Waals surface area contributed by atoms with E-state index in [4.69, 9.17) is 0 Å². The zero-order valence-corrected chi connectivity index (χ0v) is 11.4. The van der Waals surface area contributed by atoms with Gasteiger partial charge in [-0.3, -0.25) is 10.1 Å². The standard InChI is InChI=1S/C15H15N5O/c21-14(9-5-6-10-13(7-9)17-8-16-10)20-15-18-11-3-1-2-4-12(11)19-15/h1-4,8-9H,5-7H2,(H,16,17)(H2,18,19,20,21). The number of aromatic nitrogens is 4. The molecular weight excluding hydrogens is 266 g/mol. The number of aromatic amines is 2. The number of amides is 1. The highest BCUT2D eigenvalue weighted by molar-refractivity contribution is 5.93. The Kier molecular flexibility index (Phi) is 2.73. The molecule has 1 aliphatic rings. The molecule has 106 valence electrons. The largest absolute Gasteiger partial charge is 0.348 e. The SMILES string of the molecule is O=C(Nc1nc2ccccc2[nH]1)C1CCc2[nH]cnc2C1. The second-order valence-electron chi connectivity index (χ2n) is 5.36. The fourth-order valence-electron chi connectivity index (χ4n) is 2.85. The Morgan fingerprint density at radius 3 is 3.14 bits per heavy atom. The van der Waals surface area contributed by atoms with E-state index in [1.165, 1.54) is 0 Å². The van der Waals surface area contributed by atoms with E-state index in [2.05, 4.69) is 25.3 Å². The molecule has 1 aromatic carbocycles. The summed E-state index contributed by atoms with van der Waals surface area (Å²) in [7, 11) is 0. The maximum Gasteiger partial charge on any atom is 0.230 e. The van der Waals surface area contributed by atoms with Crippen LogP contribution in [0.4, 0.5) is 5.95 Å². The van der Waals surface area contributed by atoms with Gasteiger partial charge in [-0.15, -0.1) is 0 Å². The summed E-state index contributed by atoms with van der Waals surface area (Å²) >= 11 is 0. The fourth-order valence-corrected chi connectivity index (χ4v) is 2.85. The number of H-pyrrole nitrogens is 2. The lowest BCUT2D eigenvalue weighted by atomic mass is 9.89. The molecule has 1 atom stereocenters. The van der Waals surface area contributed by atoms with Gasteiger partial charge in [0.25, 0.3) is 0 Å². The van der Waals surface area contributed by atoms with Gasteiger partial charge in [0.2, 0.25) is 11.9 Å². The number of fused-ring (bicyclic) bond motifs is 2. The lowest BCUT2D eigenvalue weighted by Crippen LogP contribution is -2.28. The summed E-state index contributed by atoms with van der Waals surface area (Å²) in [4.78, 5) is 27.2. The molecule has 3 N–H and O–H groups in total. The van der Waals surface area contributed by atoms with Crippen molar-refractivity contribution in [3.05, 3.63) is 42.0 Å². The molecule has 21 heavy (non-hydrogen) atoms. The Hall–Kier alpha value is -2.63. The molecule has 6 heteroatoms. The number of hydrogen-bond donors (Lipinski definition) is 3. The van der Waals surface area contributed by atoms with Gasteiger partial charge in [0.05, 0.1) is 23.1 Å². The zero-order chi connectivity index (χ0) is 14.2. The Morgan fingerprint density at radius 2 is 2.24 bits per heavy atom. The molecule has 6 nitrogen and oxygen atoms in total. The first kappa shape index (κ1) is 12.1. The van der Waals surface area contributed by atoms with Crippen LogP contribution in [-0.4, -0.2) is 25.8 Å². The number of anilines is 1. The third-order valence-electron chi connectivity index (χ3n) is 3.99. The van der Waals surface area contributed by atoms with E-state index in [1.807, 2.05) is 24.3 Å². The summed E-state index contributed by atoms with van der Waals surface area (Å²) < 4.78 is 0. The zero-order valence-electron chi connectivity index (χ0n) is 11.4. The highest BCUT2D eigenvalue weighted by Gasteiger charge is 2.26. The Bertz CT molecular complexity index is 770. The van der Waals surface area contributed by atoms with Gasteiger partial charge in [0.15, 0.2) is 0 Å². The van der Waals surface area contributed by atoms with Crippen LogP contribution in [0, 0.1) is 5.92 Å². The molecule has 2 heterocycles. The average molecular weight is 281 g/mol. The molecule has 1 aliphatic carbocycles. The summed E-state index contributed by atoms with van der Waals surface area (Å²) in [5.41, 5.74) is 3.94. The lowest BCUT2D eigenvalue weighted by Gasteiger charge is -2.19. The molecule has 3 aromatic rings. The maximum absolute atomic E-state index is 12.4. The number of carbonyl (C=O) groups excluding carboxylic acids is 1. The van der Waals surface area contributed by atoms with Crippen molar-refractivity contribution in [1.82, 2.24) is 19.9 Å². The number of nitrogens with zero attached hydrogens (tertiary/aromatic N) is 2. The predicted octanol–water partition coefficient (Wildman–Crippen LogP) is 2.03. The summed E-state index contributed by atoms with van der Waals surface area (Å²) in [6, 6.07) is 7.72. The van der Waals surface area contributed by atoms with Gasteiger partial charge >= 0.3 is 0 Å². The van der Waals surface area contributed by atoms with E-state index in [9.17, 15) is 4.79 Å². The van der Waals surface area contributed by atoms with Crippen LogP contribution in [0.25, 0.3) is 11.0 Å². The molecule has 0 fully saturated rings. The van der Waals surface area contributed by atoms with Gasteiger partial charge in [-0.25, -0.2) is 9.97 Å². The fraction of sp³-hybridized carbons (Fsp3) is 0.267. The Labute approximate surface area is 121 Å². The molecule has 0 bridgehead atoms. The van der Waals surface area contributed by atoms with E-state index in [-0.39, 0.29) is 11.8 Å². The van der Waals surface area contributed by atoms with E-state index in [0.717, 1.165) is 35.3 Å². The topological polar surface area (TPSA) is 86.5 Å². The molecular formula is C15H15N5O. The second kappa shape index (κ2) is 4.73. The number of para-hydroxylation sites is 2. The number of imidazole rings is 2. The summed E-state index contributed by atoms with van der Waals surface area (Å²) in [5.74, 6) is 0.464. The predicted molar refractivity (Wildman–Crippen MR) is 78.8 cm³/mol. The number of benzene rings is 1. The second-order valence-corrected chi connectivity index (χ2v) is 5.36. The minimum absolute atomic E-state index is 0.00251. The first-order valence-corrected chi connectivity index (χ1v) is 7.06. The van der Waals surface area contributed by atoms with Crippen molar-refractivity contribution in [2.45, 2.75) is 19.3 Å². The van der Waals surface area contributed by atoms with Crippen LogP contribution in [0.3, 0.4) is 0 Å². The molecule has 0 aliphatic heterocycles. The third-order valence-corrected chi connectivity index (χ3v) is 3.99. The number of carbonyl (C=O) groups is 1. The minimum Gasteiger partial charge on any atom is -0.348 e. The van der Waals surface area contributed by atoms with Gasteiger partial charge < -0.3 is 9.97 Å². The van der Waals surface area contributed by atoms with E-state index in [0.29, 0.717) is 12.4 Å². The first-order valence-electron chi connectivity index (χ1n) is 7.06. The third kappa shape index (κ3) is 2.18. The van der Waals surface area contributed by atoms with Gasteiger partial charge in [-0.05, 0) is 25.0 Å². The van der Waals surface area contributed by atoms with Crippen LogP contribution in [0.1, 0.15) is 17.8 Å². The summed E-state index contributed by atoms with van der Waals surface area (Å²) in [5, 5.41) is 2.88. The maximum atomic E-state index is 12.4. The van der Waals surface area contributed by atoms with E-state index in [1.54, 1.807) is 6.33 Å². The van der Waals surface area contributed by atoms with Crippen molar-refractivity contribution in [1.29, 1.82) is 0 Å². The molecule has 1 unspecified atom stereocenters. The van der Waals surface area contributed by atoms with Crippen molar-refractivity contribution in [3.8, 4) is 0 Å². The van der Waals surface area contributed by atoms with Gasteiger partial charge in [-0.2, -0.15) is 0 Å². The molecule has 1 amide bonds. The monoisotopic (exact) mass is 281 g/mol. The molecule has 0 saturated heterocycles. The lowest BCUT2D eigenvalue weighted by molar-refractivity contribution is -0.120. The van der Waals surface area contributed by atoms with Crippen molar-refractivity contribution in [2.24, 2.45) is 5.92 Å². The number of aryl methyl sites for hydroxylation is 1. The van der Waals surface area contributed by atoms with Crippen molar-refractivity contribution >= 4 is 22.9 Å². The van der Waals surface area contributed by atoms with Crippen LogP contribution < -0.4 is 5.32 Å². The van der Waals surface area contributed by atoms with Gasteiger partial charge in [0, 0.05) is 18.0 Å². The average Bonchev–Trinajstić information content (AvgIpc) is 3.11. The van der Waals surface area contributed by atoms with Crippen LogP contribution in [0.5, 0.6) is 0 Å². The number of rotatable bonds is 2. The molecule has 0 saturated carbocycles. The quantitative estimate of drug-likeness (QED) is 0.671. The summed E-state index contributed by atoms with van der Waals surface area (Å²) in [6.07, 6.45) is 4.09. The van der Waals surface area contributed by atoms with Gasteiger partial charge in [-0.1, -0.05) is 12.1 Å². The van der Waals surface area contributed by atoms with Crippen molar-refractivity contribution < 1.29 is 4.79 Å².